The monoisotopic (exact) mass is 490 g/mol. The predicted octanol–water partition coefficient (Wildman–Crippen LogP) is 3.51. The van der Waals surface area contributed by atoms with Gasteiger partial charge in [0.1, 0.15) is 0 Å². The first-order valence-corrected chi connectivity index (χ1v) is 12.9. The molecule has 8 nitrogen and oxygen atoms in total. The number of anilines is 1. The van der Waals surface area contributed by atoms with Crippen LogP contribution >= 0.6 is 0 Å². The Balaban J connectivity index is 1.45. The van der Waals surface area contributed by atoms with E-state index in [2.05, 4.69) is 71.7 Å². The van der Waals surface area contributed by atoms with Crippen molar-refractivity contribution in [3.63, 3.8) is 0 Å². The van der Waals surface area contributed by atoms with Crippen LogP contribution in [0.4, 0.5) is 5.69 Å². The second-order valence-corrected chi connectivity index (χ2v) is 11.0. The van der Waals surface area contributed by atoms with Crippen LogP contribution in [0.2, 0.25) is 0 Å². The van der Waals surface area contributed by atoms with Crippen molar-refractivity contribution in [2.75, 3.05) is 38.7 Å². The van der Waals surface area contributed by atoms with Gasteiger partial charge in [-0.2, -0.15) is 5.10 Å². The molecule has 2 aliphatic rings. The standard InChI is InChI=1S/C28H38N6O2/c1-27(2)24(9-10-28(27,3)30-4)32-25-22(26(29)35)16-31-34-18-21(15-23(25)34)20-7-5-19(6-8-20)17-33-11-13-36-14-12-33/h5-8,15-16,18,24,30,32H,9-14,17H2,1-4H3,(H2,29,35)/t24-,28?/m1/s1. The van der Waals surface area contributed by atoms with Crippen LogP contribution in [-0.2, 0) is 11.3 Å². The van der Waals surface area contributed by atoms with Gasteiger partial charge in [0.05, 0.1) is 36.2 Å². The third-order valence-corrected chi connectivity index (χ3v) is 8.80. The number of ether oxygens (including phenoxy) is 1. The van der Waals surface area contributed by atoms with Crippen molar-refractivity contribution in [3.8, 4) is 11.1 Å². The number of amides is 1. The van der Waals surface area contributed by atoms with Crippen LogP contribution in [0, 0.1) is 5.41 Å². The quantitative estimate of drug-likeness (QED) is 0.469. The molecule has 0 radical (unpaired) electrons. The van der Waals surface area contributed by atoms with E-state index in [1.54, 1.807) is 6.20 Å². The van der Waals surface area contributed by atoms with Crippen LogP contribution in [-0.4, -0.2) is 65.4 Å². The molecule has 4 N–H and O–H groups in total. The first-order valence-electron chi connectivity index (χ1n) is 12.9. The van der Waals surface area contributed by atoms with Crippen LogP contribution in [0.1, 0.15) is 49.5 Å². The molecule has 2 fully saturated rings. The highest BCUT2D eigenvalue weighted by atomic mass is 16.5. The van der Waals surface area contributed by atoms with Gasteiger partial charge in [0.15, 0.2) is 0 Å². The molecule has 0 spiro atoms. The van der Waals surface area contributed by atoms with E-state index in [0.717, 1.165) is 68.0 Å². The Morgan fingerprint density at radius 2 is 1.89 bits per heavy atom. The van der Waals surface area contributed by atoms with Crippen molar-refractivity contribution in [1.82, 2.24) is 19.8 Å². The molecule has 192 valence electrons. The van der Waals surface area contributed by atoms with E-state index in [1.807, 2.05) is 17.8 Å². The van der Waals surface area contributed by atoms with Crippen molar-refractivity contribution >= 4 is 17.1 Å². The number of nitrogens with two attached hydrogens (primary N) is 1. The summed E-state index contributed by atoms with van der Waals surface area (Å²) in [5, 5.41) is 11.7. The molecule has 2 aromatic heterocycles. The summed E-state index contributed by atoms with van der Waals surface area (Å²) < 4.78 is 7.30. The number of hydrogen-bond acceptors (Lipinski definition) is 6. The summed E-state index contributed by atoms with van der Waals surface area (Å²) in [4.78, 5) is 14.8. The van der Waals surface area contributed by atoms with Gasteiger partial charge in [0.2, 0.25) is 0 Å². The zero-order valence-electron chi connectivity index (χ0n) is 21.8. The molecule has 0 bridgehead atoms. The lowest BCUT2D eigenvalue weighted by molar-refractivity contribution is 0.0342. The molecule has 1 aromatic carbocycles. The highest BCUT2D eigenvalue weighted by Crippen LogP contribution is 2.47. The lowest BCUT2D eigenvalue weighted by Gasteiger charge is -2.42. The molecule has 2 atom stereocenters. The summed E-state index contributed by atoms with van der Waals surface area (Å²) in [6.45, 7) is 11.3. The minimum Gasteiger partial charge on any atom is -0.379 e. The number of hydrogen-bond donors (Lipinski definition) is 3. The molecule has 1 saturated heterocycles. The molecule has 8 heteroatoms. The molecular formula is C28H38N6O2. The van der Waals surface area contributed by atoms with Crippen molar-refractivity contribution in [2.24, 2.45) is 11.1 Å². The van der Waals surface area contributed by atoms with Crippen LogP contribution in [0.5, 0.6) is 0 Å². The smallest absolute Gasteiger partial charge is 0.252 e. The fourth-order valence-corrected chi connectivity index (χ4v) is 5.75. The van der Waals surface area contributed by atoms with Gasteiger partial charge in [0.25, 0.3) is 5.91 Å². The highest BCUT2D eigenvalue weighted by Gasteiger charge is 2.51. The number of nitrogens with zero attached hydrogens (tertiary/aromatic N) is 3. The second kappa shape index (κ2) is 9.50. The Hall–Kier alpha value is -2.94. The topological polar surface area (TPSA) is 96.9 Å². The van der Waals surface area contributed by atoms with Crippen LogP contribution in [0.3, 0.4) is 0 Å². The van der Waals surface area contributed by atoms with Crippen LogP contribution in [0.25, 0.3) is 16.6 Å². The van der Waals surface area contributed by atoms with Crippen molar-refractivity contribution in [2.45, 2.75) is 51.7 Å². The minimum atomic E-state index is -0.477. The SMILES string of the molecule is CNC1(C)CC[C@@H](Nc2c(C(N)=O)cnn3cc(-c4ccc(CN5CCOCC5)cc4)cc23)C1(C)C. The third-order valence-electron chi connectivity index (χ3n) is 8.80. The normalized spacial score (nSPS) is 24.3. The number of fused-ring (bicyclic) bond motifs is 1. The molecule has 1 saturated carbocycles. The van der Waals surface area contributed by atoms with E-state index in [4.69, 9.17) is 10.5 Å². The lowest BCUT2D eigenvalue weighted by atomic mass is 9.74. The number of nitrogens with one attached hydrogen (secondary N) is 2. The number of benzene rings is 1. The molecule has 5 rings (SSSR count). The van der Waals surface area contributed by atoms with Gasteiger partial charge in [0, 0.05) is 48.4 Å². The number of morpholine rings is 1. The molecule has 1 aliphatic carbocycles. The number of carbonyl (C=O) groups excluding carboxylic acids is 1. The average Bonchev–Trinajstić information content (AvgIpc) is 3.40. The maximum Gasteiger partial charge on any atom is 0.252 e. The fraction of sp³-hybridized carbons (Fsp3) is 0.500. The Morgan fingerprint density at radius 1 is 1.17 bits per heavy atom. The van der Waals surface area contributed by atoms with Gasteiger partial charge >= 0.3 is 0 Å². The second-order valence-electron chi connectivity index (χ2n) is 11.0. The molecular weight excluding hydrogens is 452 g/mol. The van der Waals surface area contributed by atoms with Crippen LogP contribution in [0.15, 0.2) is 42.7 Å². The van der Waals surface area contributed by atoms with E-state index in [-0.39, 0.29) is 17.0 Å². The third kappa shape index (κ3) is 4.38. The highest BCUT2D eigenvalue weighted by molar-refractivity contribution is 6.02. The maximum absolute atomic E-state index is 12.4. The summed E-state index contributed by atoms with van der Waals surface area (Å²) in [6.07, 6.45) is 5.63. The van der Waals surface area contributed by atoms with Gasteiger partial charge in [-0.1, -0.05) is 38.1 Å². The summed E-state index contributed by atoms with van der Waals surface area (Å²) in [5.41, 5.74) is 11.2. The number of rotatable bonds is 7. The number of aromatic nitrogens is 2. The minimum absolute atomic E-state index is 0.00298. The Bertz CT molecular complexity index is 1240. The average molecular weight is 491 g/mol. The largest absolute Gasteiger partial charge is 0.379 e. The first kappa shape index (κ1) is 24.7. The van der Waals surface area contributed by atoms with E-state index in [0.29, 0.717) is 5.56 Å². The van der Waals surface area contributed by atoms with Crippen molar-refractivity contribution < 1.29 is 9.53 Å². The molecule has 1 amide bonds. The molecule has 3 heterocycles. The molecule has 36 heavy (non-hydrogen) atoms. The maximum atomic E-state index is 12.4. The van der Waals surface area contributed by atoms with Crippen LogP contribution < -0.4 is 16.4 Å². The predicted molar refractivity (Wildman–Crippen MR) is 143 cm³/mol. The zero-order chi connectivity index (χ0) is 25.5. The van der Waals surface area contributed by atoms with E-state index in [9.17, 15) is 4.79 Å². The van der Waals surface area contributed by atoms with E-state index >= 15 is 0 Å². The zero-order valence-corrected chi connectivity index (χ0v) is 21.8. The first-order chi connectivity index (χ1) is 17.2. The van der Waals surface area contributed by atoms with Gasteiger partial charge < -0.3 is 21.1 Å². The van der Waals surface area contributed by atoms with E-state index in [1.165, 1.54) is 5.56 Å². The van der Waals surface area contributed by atoms with Gasteiger partial charge in [-0.05, 0) is 44.0 Å². The number of carbonyl (C=O) groups is 1. The molecule has 3 aromatic rings. The number of primary amides is 1. The summed E-state index contributed by atoms with van der Waals surface area (Å²) in [7, 11) is 2.02. The summed E-state index contributed by atoms with van der Waals surface area (Å²) in [5.74, 6) is -0.477. The Morgan fingerprint density at radius 3 is 2.53 bits per heavy atom. The van der Waals surface area contributed by atoms with Gasteiger partial charge in [-0.15, -0.1) is 0 Å². The Labute approximate surface area is 213 Å². The lowest BCUT2D eigenvalue weighted by Crippen LogP contribution is -2.53. The summed E-state index contributed by atoms with van der Waals surface area (Å²) >= 11 is 0. The summed E-state index contributed by atoms with van der Waals surface area (Å²) in [6, 6.07) is 11.0. The fourth-order valence-electron chi connectivity index (χ4n) is 5.75. The van der Waals surface area contributed by atoms with Gasteiger partial charge in [-0.25, -0.2) is 4.52 Å². The van der Waals surface area contributed by atoms with E-state index < -0.39 is 5.91 Å². The van der Waals surface area contributed by atoms with Gasteiger partial charge in [-0.3, -0.25) is 9.69 Å². The van der Waals surface area contributed by atoms with Crippen molar-refractivity contribution in [1.29, 1.82) is 0 Å². The van der Waals surface area contributed by atoms with Crippen molar-refractivity contribution in [3.05, 3.63) is 53.9 Å². The molecule has 1 aliphatic heterocycles. The Kier molecular flexibility index (Phi) is 6.53. The molecule has 1 unspecified atom stereocenters.